The second kappa shape index (κ2) is 10.9. The van der Waals surface area contributed by atoms with Crippen molar-refractivity contribution < 1.29 is 13.9 Å². The molecule has 1 unspecified atom stereocenters. The van der Waals surface area contributed by atoms with E-state index in [0.29, 0.717) is 46.0 Å². The number of halogens is 2. The third-order valence-electron chi connectivity index (χ3n) is 7.52. The van der Waals surface area contributed by atoms with Crippen LogP contribution in [-0.4, -0.2) is 48.9 Å². The molecule has 6 rings (SSSR count). The minimum Gasteiger partial charge on any atom is -0.508 e. The Morgan fingerprint density at radius 3 is 2.59 bits per heavy atom. The number of nitrogens with zero attached hydrogens (tertiary/aromatic N) is 5. The molecule has 1 aliphatic rings. The van der Waals surface area contributed by atoms with Gasteiger partial charge in [0.1, 0.15) is 41.2 Å². The zero-order chi connectivity index (χ0) is 28.1. The minimum absolute atomic E-state index is 0. The zero-order valence-corrected chi connectivity index (χ0v) is 23.7. The molecule has 0 fully saturated rings. The maximum atomic E-state index is 14.3. The van der Waals surface area contributed by atoms with Crippen LogP contribution in [0.4, 0.5) is 10.2 Å². The molecule has 5 aromatic rings. The molecule has 41 heavy (non-hydrogen) atoms. The van der Waals surface area contributed by atoms with E-state index in [1.807, 2.05) is 25.1 Å². The number of nitrogen functional groups attached to an aromatic ring is 1. The molecule has 0 amide bonds. The Kier molecular flexibility index (Phi) is 7.54. The van der Waals surface area contributed by atoms with Crippen molar-refractivity contribution in [3.05, 3.63) is 82.4 Å². The average Bonchev–Trinajstić information content (AvgIpc) is 3.33. The van der Waals surface area contributed by atoms with Gasteiger partial charge in [-0.05, 0) is 56.4 Å². The summed E-state index contributed by atoms with van der Waals surface area (Å²) in [4.78, 5) is 24.2. The van der Waals surface area contributed by atoms with E-state index in [0.717, 1.165) is 35.6 Å². The molecular weight excluding hydrogens is 547 g/mol. The monoisotopic (exact) mass is 576 g/mol. The number of hydrogen-bond donors (Lipinski definition) is 2. The number of phenols is 1. The molecule has 212 valence electrons. The molecule has 9 nitrogen and oxygen atoms in total. The van der Waals surface area contributed by atoms with E-state index < -0.39 is 17.5 Å². The third-order valence-corrected chi connectivity index (χ3v) is 7.52. The van der Waals surface area contributed by atoms with Crippen molar-refractivity contribution in [2.75, 3.05) is 18.8 Å². The lowest BCUT2D eigenvalue weighted by Crippen LogP contribution is -2.35. The van der Waals surface area contributed by atoms with E-state index in [4.69, 9.17) is 15.2 Å². The highest BCUT2D eigenvalue weighted by Crippen LogP contribution is 2.38. The van der Waals surface area contributed by atoms with Crippen molar-refractivity contribution in [2.45, 2.75) is 39.3 Å². The van der Waals surface area contributed by atoms with Crippen molar-refractivity contribution in [3.63, 3.8) is 0 Å². The summed E-state index contributed by atoms with van der Waals surface area (Å²) in [6.07, 6.45) is 4.41. The van der Waals surface area contributed by atoms with E-state index in [1.54, 1.807) is 10.7 Å². The van der Waals surface area contributed by atoms with Crippen LogP contribution in [0.5, 0.6) is 5.75 Å². The number of rotatable bonds is 5. The van der Waals surface area contributed by atoms with Gasteiger partial charge in [-0.15, -0.1) is 12.4 Å². The van der Waals surface area contributed by atoms with Crippen molar-refractivity contribution in [2.24, 2.45) is 0 Å². The lowest BCUT2D eigenvalue weighted by molar-refractivity contribution is 0.247. The molecule has 3 aromatic heterocycles. The first-order valence-electron chi connectivity index (χ1n) is 13.2. The smallest absolute Gasteiger partial charge is 0.343 e. The summed E-state index contributed by atoms with van der Waals surface area (Å²) in [5, 5.41) is 16.6. The topological polar surface area (TPSA) is 123 Å². The molecule has 11 heteroatoms. The van der Waals surface area contributed by atoms with Gasteiger partial charge in [0.2, 0.25) is 0 Å². The molecule has 1 aliphatic heterocycles. The predicted molar refractivity (Wildman–Crippen MR) is 160 cm³/mol. The quantitative estimate of drug-likeness (QED) is 0.279. The van der Waals surface area contributed by atoms with Crippen LogP contribution in [0, 0.1) is 5.82 Å². The lowest BCUT2D eigenvalue weighted by atomic mass is 9.93. The summed E-state index contributed by atoms with van der Waals surface area (Å²) in [5.41, 5.74) is 8.76. The lowest BCUT2D eigenvalue weighted by Gasteiger charge is -2.32. The molecule has 0 radical (unpaired) electrons. The molecule has 1 atom stereocenters. The molecule has 4 heterocycles. The number of benzene rings is 2. The first-order valence-corrected chi connectivity index (χ1v) is 13.2. The van der Waals surface area contributed by atoms with Crippen LogP contribution in [0.15, 0.2) is 64.1 Å². The first kappa shape index (κ1) is 28.3. The van der Waals surface area contributed by atoms with Gasteiger partial charge in [-0.3, -0.25) is 4.90 Å². The van der Waals surface area contributed by atoms with Crippen LogP contribution in [0.3, 0.4) is 0 Å². The number of hydrogen-bond acceptors (Lipinski definition) is 8. The van der Waals surface area contributed by atoms with Crippen LogP contribution in [0.1, 0.15) is 44.6 Å². The van der Waals surface area contributed by atoms with Gasteiger partial charge in [-0.1, -0.05) is 24.3 Å². The first-order chi connectivity index (χ1) is 19.2. The largest absolute Gasteiger partial charge is 0.508 e. The second-order valence-corrected chi connectivity index (χ2v) is 10.4. The van der Waals surface area contributed by atoms with Gasteiger partial charge in [-0.25, -0.2) is 23.8 Å². The van der Waals surface area contributed by atoms with Gasteiger partial charge < -0.3 is 15.3 Å². The van der Waals surface area contributed by atoms with E-state index in [9.17, 15) is 14.3 Å². The fourth-order valence-corrected chi connectivity index (χ4v) is 5.52. The Balaban J connectivity index is 0.00000337. The summed E-state index contributed by atoms with van der Waals surface area (Å²) in [7, 11) is 0. The number of nitrogens with two attached hydrogens (primary N) is 1. The van der Waals surface area contributed by atoms with Gasteiger partial charge >= 0.3 is 5.63 Å². The summed E-state index contributed by atoms with van der Waals surface area (Å²) in [6.45, 7) is 7.86. The molecule has 0 bridgehead atoms. The van der Waals surface area contributed by atoms with Crippen molar-refractivity contribution in [1.29, 1.82) is 0 Å². The van der Waals surface area contributed by atoms with E-state index in [-0.39, 0.29) is 24.0 Å². The van der Waals surface area contributed by atoms with Crippen molar-refractivity contribution in [1.82, 2.24) is 24.6 Å². The van der Waals surface area contributed by atoms with E-state index in [2.05, 4.69) is 34.8 Å². The number of phenolic OH excluding ortho intramolecular Hbond substituents is 1. The Labute approximate surface area is 241 Å². The highest BCUT2D eigenvalue weighted by atomic mass is 35.5. The van der Waals surface area contributed by atoms with Gasteiger partial charge in [0.15, 0.2) is 5.65 Å². The predicted octanol–water partition coefficient (Wildman–Crippen LogP) is 5.56. The van der Waals surface area contributed by atoms with E-state index >= 15 is 0 Å². The second-order valence-electron chi connectivity index (χ2n) is 10.4. The van der Waals surface area contributed by atoms with E-state index in [1.165, 1.54) is 18.5 Å². The Hall–Kier alpha value is -4.28. The summed E-state index contributed by atoms with van der Waals surface area (Å²) >= 11 is 0. The molecule has 2 aromatic carbocycles. The van der Waals surface area contributed by atoms with Gasteiger partial charge in [0.05, 0.1) is 10.8 Å². The average molecular weight is 577 g/mol. The molecule has 0 saturated carbocycles. The zero-order valence-electron chi connectivity index (χ0n) is 22.8. The Bertz CT molecular complexity index is 1840. The third kappa shape index (κ3) is 4.93. The Morgan fingerprint density at radius 1 is 1.10 bits per heavy atom. The fraction of sp³-hybridized carbons (Fsp3) is 0.267. The van der Waals surface area contributed by atoms with Crippen molar-refractivity contribution in [3.8, 4) is 17.0 Å². The summed E-state index contributed by atoms with van der Waals surface area (Å²) in [6, 6.07) is 10.9. The van der Waals surface area contributed by atoms with Gasteiger partial charge in [-0.2, -0.15) is 5.10 Å². The van der Waals surface area contributed by atoms with Crippen LogP contribution in [0.25, 0.3) is 38.6 Å². The van der Waals surface area contributed by atoms with Crippen LogP contribution < -0.4 is 11.4 Å². The molecular formula is C30H30ClFN6O3. The highest BCUT2D eigenvalue weighted by Gasteiger charge is 2.29. The Morgan fingerprint density at radius 2 is 1.85 bits per heavy atom. The SMILES string of the molecule is CC(C)N1CCC=C(c2c(C(C)n3nc(-c4cc(O)cc(F)c4)c4c(N)ncnc43)oc(=O)c3ccccc23)C1.Cl. The molecule has 0 saturated heterocycles. The number of aromatic nitrogens is 4. The molecule has 0 spiro atoms. The molecule has 3 N–H and O–H groups in total. The molecule has 0 aliphatic carbocycles. The maximum Gasteiger partial charge on any atom is 0.343 e. The standard InChI is InChI=1S/C30H29FN6O3.ClH/c1-16(2)36-10-6-7-18(14-36)24-22-8-4-5-9-23(22)30(39)40-27(24)17(3)37-29-25(28(32)33-15-34-29)26(35-37)19-11-20(31)13-21(38)12-19;/h4-5,7-9,11-13,15-17,38H,6,10,14H2,1-3H3,(H2,32,33,34);1H. The van der Waals surface area contributed by atoms with Crippen LogP contribution in [-0.2, 0) is 0 Å². The van der Waals surface area contributed by atoms with Gasteiger partial charge in [0.25, 0.3) is 0 Å². The maximum absolute atomic E-state index is 14.3. The highest BCUT2D eigenvalue weighted by molar-refractivity contribution is 5.99. The summed E-state index contributed by atoms with van der Waals surface area (Å²) in [5.74, 6) is -0.272. The number of anilines is 1. The van der Waals surface area contributed by atoms with Crippen LogP contribution in [0.2, 0.25) is 0 Å². The fourth-order valence-electron chi connectivity index (χ4n) is 5.52. The minimum atomic E-state index is -0.622. The summed E-state index contributed by atoms with van der Waals surface area (Å²) < 4.78 is 22.0. The normalized spacial score (nSPS) is 14.8. The van der Waals surface area contributed by atoms with Crippen molar-refractivity contribution >= 4 is 45.6 Å². The number of fused-ring (bicyclic) bond motifs is 2. The van der Waals surface area contributed by atoms with Crippen LogP contribution >= 0.6 is 12.4 Å². The number of aromatic hydroxyl groups is 1. The van der Waals surface area contributed by atoms with Gasteiger partial charge in [0, 0.05) is 36.3 Å².